The zero-order valence-electron chi connectivity index (χ0n) is 12.8. The number of hydrogen-bond donors (Lipinski definition) is 1. The molecule has 0 amide bonds. The van der Waals surface area contributed by atoms with E-state index in [0.29, 0.717) is 0 Å². The molecule has 106 valence electrons. The molecule has 0 atom stereocenters. The Hall–Kier alpha value is -1.90. The van der Waals surface area contributed by atoms with Crippen LogP contribution in [0.4, 0.5) is 5.82 Å². The van der Waals surface area contributed by atoms with E-state index in [1.54, 1.807) is 0 Å². The molecule has 3 nitrogen and oxygen atoms in total. The highest BCUT2D eigenvalue weighted by atomic mass is 15.0. The Morgan fingerprint density at radius 2 is 1.75 bits per heavy atom. The maximum Gasteiger partial charge on any atom is 0.136 e. The van der Waals surface area contributed by atoms with E-state index in [-0.39, 0.29) is 5.41 Å². The molecular formula is C17H23N3. The molecule has 3 heteroatoms. The molecule has 0 aliphatic carbocycles. The molecule has 0 spiro atoms. The zero-order valence-corrected chi connectivity index (χ0v) is 12.8. The van der Waals surface area contributed by atoms with Crippen molar-refractivity contribution in [2.45, 2.75) is 39.5 Å². The van der Waals surface area contributed by atoms with Gasteiger partial charge in [-0.15, -0.1) is 0 Å². The minimum absolute atomic E-state index is 0.0621. The second-order valence-electron chi connectivity index (χ2n) is 6.00. The molecule has 0 saturated heterocycles. The molecule has 1 heterocycles. The van der Waals surface area contributed by atoms with Crippen LogP contribution in [0.5, 0.6) is 0 Å². The summed E-state index contributed by atoms with van der Waals surface area (Å²) in [5, 5.41) is 3.37. The van der Waals surface area contributed by atoms with Gasteiger partial charge in [-0.3, -0.25) is 0 Å². The van der Waals surface area contributed by atoms with Gasteiger partial charge in [0.2, 0.25) is 0 Å². The van der Waals surface area contributed by atoms with Crippen LogP contribution in [0.3, 0.4) is 0 Å². The van der Waals surface area contributed by atoms with Gasteiger partial charge in [0.05, 0.1) is 5.69 Å². The van der Waals surface area contributed by atoms with Crippen LogP contribution >= 0.6 is 0 Å². The Kier molecular flexibility index (Phi) is 4.38. The lowest BCUT2D eigenvalue weighted by Gasteiger charge is -2.19. The maximum absolute atomic E-state index is 4.73. The molecule has 1 aromatic heterocycles. The smallest absolute Gasteiger partial charge is 0.136 e. The molecule has 0 radical (unpaired) electrons. The van der Waals surface area contributed by atoms with Crippen molar-refractivity contribution in [1.29, 1.82) is 0 Å². The van der Waals surface area contributed by atoms with E-state index in [4.69, 9.17) is 4.98 Å². The van der Waals surface area contributed by atoms with Crippen molar-refractivity contribution in [3.63, 3.8) is 0 Å². The van der Waals surface area contributed by atoms with Crippen LogP contribution in [-0.2, 0) is 5.41 Å². The second-order valence-corrected chi connectivity index (χ2v) is 6.00. The summed E-state index contributed by atoms with van der Waals surface area (Å²) in [4.78, 5) is 9.38. The summed E-state index contributed by atoms with van der Waals surface area (Å²) >= 11 is 0. The van der Waals surface area contributed by atoms with Gasteiger partial charge in [-0.25, -0.2) is 9.97 Å². The van der Waals surface area contributed by atoms with E-state index in [1.165, 1.54) is 0 Å². The molecule has 20 heavy (non-hydrogen) atoms. The standard InChI is InChI=1S/C17H23N3/c1-5-11-18-15-12-14(13-9-7-6-8-10-13)19-16(20-15)17(2,3)4/h6-10,12H,5,11H2,1-4H3,(H,18,19,20). The van der Waals surface area contributed by atoms with Gasteiger partial charge >= 0.3 is 0 Å². The van der Waals surface area contributed by atoms with Gasteiger partial charge in [0, 0.05) is 23.6 Å². The highest BCUT2D eigenvalue weighted by molar-refractivity contribution is 5.62. The Morgan fingerprint density at radius 1 is 1.05 bits per heavy atom. The van der Waals surface area contributed by atoms with Crippen LogP contribution in [0.15, 0.2) is 36.4 Å². The summed E-state index contributed by atoms with van der Waals surface area (Å²) in [6.45, 7) is 9.49. The van der Waals surface area contributed by atoms with Gasteiger partial charge in [-0.2, -0.15) is 0 Å². The molecule has 0 fully saturated rings. The lowest BCUT2D eigenvalue weighted by atomic mass is 9.95. The Labute approximate surface area is 121 Å². The summed E-state index contributed by atoms with van der Waals surface area (Å²) in [6, 6.07) is 12.3. The summed E-state index contributed by atoms with van der Waals surface area (Å²) in [7, 11) is 0. The van der Waals surface area contributed by atoms with Crippen molar-refractivity contribution in [3.05, 3.63) is 42.2 Å². The van der Waals surface area contributed by atoms with Crippen molar-refractivity contribution in [3.8, 4) is 11.3 Å². The molecular weight excluding hydrogens is 246 g/mol. The van der Waals surface area contributed by atoms with E-state index in [1.807, 2.05) is 24.3 Å². The average Bonchev–Trinajstić information content (AvgIpc) is 2.45. The molecule has 0 saturated carbocycles. The van der Waals surface area contributed by atoms with Gasteiger partial charge in [0.25, 0.3) is 0 Å². The molecule has 2 rings (SSSR count). The fourth-order valence-electron chi connectivity index (χ4n) is 1.88. The van der Waals surface area contributed by atoms with E-state index in [0.717, 1.165) is 35.9 Å². The van der Waals surface area contributed by atoms with E-state index < -0.39 is 0 Å². The number of rotatable bonds is 4. The normalized spacial score (nSPS) is 11.4. The first kappa shape index (κ1) is 14.5. The number of nitrogens with one attached hydrogen (secondary N) is 1. The second kappa shape index (κ2) is 6.04. The number of nitrogens with zero attached hydrogens (tertiary/aromatic N) is 2. The lowest BCUT2D eigenvalue weighted by molar-refractivity contribution is 0.546. The van der Waals surface area contributed by atoms with E-state index >= 15 is 0 Å². The number of anilines is 1. The SMILES string of the molecule is CCCNc1cc(-c2ccccc2)nc(C(C)(C)C)n1. The molecule has 0 aliphatic heterocycles. The van der Waals surface area contributed by atoms with Crippen LogP contribution in [0.25, 0.3) is 11.3 Å². The highest BCUT2D eigenvalue weighted by Crippen LogP contribution is 2.25. The number of benzene rings is 1. The van der Waals surface area contributed by atoms with Gasteiger partial charge in [-0.05, 0) is 6.42 Å². The van der Waals surface area contributed by atoms with Crippen LogP contribution in [0.1, 0.15) is 39.9 Å². The quantitative estimate of drug-likeness (QED) is 0.901. The average molecular weight is 269 g/mol. The Bertz CT molecular complexity index is 556. The number of aromatic nitrogens is 2. The van der Waals surface area contributed by atoms with Crippen molar-refractivity contribution >= 4 is 5.82 Å². The predicted molar refractivity (Wildman–Crippen MR) is 84.9 cm³/mol. The molecule has 0 unspecified atom stereocenters. The molecule has 0 bridgehead atoms. The van der Waals surface area contributed by atoms with Crippen LogP contribution in [-0.4, -0.2) is 16.5 Å². The highest BCUT2D eigenvalue weighted by Gasteiger charge is 2.19. The van der Waals surface area contributed by atoms with Crippen LogP contribution in [0.2, 0.25) is 0 Å². The van der Waals surface area contributed by atoms with Gasteiger partial charge in [-0.1, -0.05) is 58.0 Å². The van der Waals surface area contributed by atoms with Crippen molar-refractivity contribution in [2.24, 2.45) is 0 Å². The topological polar surface area (TPSA) is 37.8 Å². The first-order chi connectivity index (χ1) is 9.50. The van der Waals surface area contributed by atoms with Crippen LogP contribution < -0.4 is 5.32 Å². The number of hydrogen-bond acceptors (Lipinski definition) is 3. The molecule has 2 aromatic rings. The van der Waals surface area contributed by atoms with Crippen molar-refractivity contribution in [1.82, 2.24) is 9.97 Å². The Morgan fingerprint density at radius 3 is 2.35 bits per heavy atom. The third kappa shape index (κ3) is 3.56. The molecule has 0 aliphatic rings. The van der Waals surface area contributed by atoms with Crippen molar-refractivity contribution < 1.29 is 0 Å². The Balaban J connectivity index is 2.46. The fraction of sp³-hybridized carbons (Fsp3) is 0.412. The van der Waals surface area contributed by atoms with E-state index in [2.05, 4.69) is 50.1 Å². The summed E-state index contributed by atoms with van der Waals surface area (Å²) in [6.07, 6.45) is 1.08. The third-order valence-corrected chi connectivity index (χ3v) is 3.02. The minimum Gasteiger partial charge on any atom is -0.370 e. The lowest BCUT2D eigenvalue weighted by Crippen LogP contribution is -2.18. The van der Waals surface area contributed by atoms with Gasteiger partial charge < -0.3 is 5.32 Å². The first-order valence-electron chi connectivity index (χ1n) is 7.19. The van der Waals surface area contributed by atoms with Gasteiger partial charge in [0.1, 0.15) is 11.6 Å². The maximum atomic E-state index is 4.73. The van der Waals surface area contributed by atoms with Crippen molar-refractivity contribution in [2.75, 3.05) is 11.9 Å². The minimum atomic E-state index is -0.0621. The largest absolute Gasteiger partial charge is 0.370 e. The van der Waals surface area contributed by atoms with Crippen LogP contribution in [0, 0.1) is 0 Å². The fourth-order valence-corrected chi connectivity index (χ4v) is 1.88. The predicted octanol–water partition coefficient (Wildman–Crippen LogP) is 4.26. The van der Waals surface area contributed by atoms with Gasteiger partial charge in [0.15, 0.2) is 0 Å². The van der Waals surface area contributed by atoms with E-state index in [9.17, 15) is 0 Å². The summed E-state index contributed by atoms with van der Waals surface area (Å²) in [5.74, 6) is 1.78. The molecule has 1 N–H and O–H groups in total. The third-order valence-electron chi connectivity index (χ3n) is 3.02. The summed E-state index contributed by atoms with van der Waals surface area (Å²) < 4.78 is 0. The summed E-state index contributed by atoms with van der Waals surface area (Å²) in [5.41, 5.74) is 2.04. The first-order valence-corrected chi connectivity index (χ1v) is 7.19. The molecule has 1 aromatic carbocycles. The monoisotopic (exact) mass is 269 g/mol. The zero-order chi connectivity index (χ0) is 14.6.